The molecule has 0 radical (unpaired) electrons. The highest BCUT2D eigenvalue weighted by molar-refractivity contribution is 5.94. The normalized spacial score (nSPS) is 16.5. The molecule has 5 rings (SSSR count). The first kappa shape index (κ1) is 20.4. The third-order valence-corrected chi connectivity index (χ3v) is 6.18. The molecule has 0 saturated heterocycles. The smallest absolute Gasteiger partial charge is 0.251 e. The van der Waals surface area contributed by atoms with E-state index >= 15 is 0 Å². The molecule has 0 aliphatic heterocycles. The summed E-state index contributed by atoms with van der Waals surface area (Å²) < 4.78 is 1.93. The lowest BCUT2D eigenvalue weighted by atomic mass is 10.1. The molecule has 7 heteroatoms. The van der Waals surface area contributed by atoms with Crippen LogP contribution in [-0.2, 0) is 12.8 Å². The average molecular weight is 429 g/mol. The lowest BCUT2D eigenvalue weighted by Crippen LogP contribution is -2.30. The molecule has 2 atom stereocenters. The summed E-state index contributed by atoms with van der Waals surface area (Å²) in [6, 6.07) is 9.95. The molecule has 0 bridgehead atoms. The number of carbonyl (C=O) groups excluding carboxylic acids is 1. The van der Waals surface area contributed by atoms with Crippen molar-refractivity contribution in [2.24, 2.45) is 5.92 Å². The maximum atomic E-state index is 12.2. The van der Waals surface area contributed by atoms with Crippen molar-refractivity contribution in [1.82, 2.24) is 30.3 Å². The van der Waals surface area contributed by atoms with E-state index in [-0.39, 0.29) is 18.0 Å². The fourth-order valence-electron chi connectivity index (χ4n) is 4.47. The Morgan fingerprint density at radius 1 is 1.19 bits per heavy atom. The van der Waals surface area contributed by atoms with Crippen LogP contribution in [0.15, 0.2) is 42.7 Å². The maximum Gasteiger partial charge on any atom is 0.251 e. The Morgan fingerprint density at radius 3 is 2.72 bits per heavy atom. The Labute approximate surface area is 187 Å². The van der Waals surface area contributed by atoms with Gasteiger partial charge in [-0.2, -0.15) is 10.2 Å². The van der Waals surface area contributed by atoms with Gasteiger partial charge >= 0.3 is 0 Å². The third-order valence-electron chi connectivity index (χ3n) is 6.18. The summed E-state index contributed by atoms with van der Waals surface area (Å²) in [6.45, 7) is 8.28. The number of fused-ring (bicyclic) bond motifs is 2. The van der Waals surface area contributed by atoms with Crippen molar-refractivity contribution in [3.63, 3.8) is 0 Å². The van der Waals surface area contributed by atoms with Crippen molar-refractivity contribution in [3.8, 4) is 11.3 Å². The first-order valence-electron chi connectivity index (χ1n) is 11.2. The topological polar surface area (TPSA) is 88.5 Å². The Balaban J connectivity index is 1.40. The van der Waals surface area contributed by atoms with Crippen LogP contribution in [0.5, 0.6) is 0 Å². The van der Waals surface area contributed by atoms with Crippen LogP contribution in [0.2, 0.25) is 0 Å². The number of rotatable bonds is 5. The fourth-order valence-corrected chi connectivity index (χ4v) is 4.47. The molecular formula is C25H28N6O. The Morgan fingerprint density at radius 2 is 1.97 bits per heavy atom. The average Bonchev–Trinajstić information content (AvgIpc) is 3.45. The minimum Gasteiger partial charge on any atom is -0.350 e. The van der Waals surface area contributed by atoms with E-state index in [1.54, 1.807) is 0 Å². The standard InChI is InChI=1S/C25H28N6O/c1-14(2)27-25(32)18-7-5-17(6-8-18)16(4)31-13-20-11-19(12-26-24(20)30-31)23-21-9-15(3)10-22(21)28-29-23/h5-8,11-16H,9-10H2,1-4H3,(H,27,32)(H,28,29)/t15-,16?/m0/s1. The van der Waals surface area contributed by atoms with Crippen molar-refractivity contribution in [3.05, 3.63) is 65.1 Å². The molecule has 2 N–H and O–H groups in total. The predicted octanol–water partition coefficient (Wildman–Crippen LogP) is 4.30. The molecule has 0 spiro atoms. The first-order valence-corrected chi connectivity index (χ1v) is 11.2. The predicted molar refractivity (Wildman–Crippen MR) is 125 cm³/mol. The SMILES string of the molecule is CC(C)NC(=O)c1ccc(C(C)n2cc3cc(-c4n[nH]c5c4C[C@H](C)C5)cnc3n2)cc1. The van der Waals surface area contributed by atoms with Crippen molar-refractivity contribution in [2.75, 3.05) is 0 Å². The summed E-state index contributed by atoms with van der Waals surface area (Å²) in [5, 5.41) is 16.4. The molecule has 1 aliphatic rings. The highest BCUT2D eigenvalue weighted by Crippen LogP contribution is 2.33. The molecule has 7 nitrogen and oxygen atoms in total. The number of aromatic amines is 1. The minimum absolute atomic E-state index is 0.0188. The number of pyridine rings is 1. The monoisotopic (exact) mass is 428 g/mol. The number of benzene rings is 1. The Kier molecular flexibility index (Phi) is 5.04. The Bertz CT molecular complexity index is 1280. The minimum atomic E-state index is -0.0556. The number of hydrogen-bond acceptors (Lipinski definition) is 4. The van der Waals surface area contributed by atoms with Crippen LogP contribution in [0.4, 0.5) is 0 Å². The van der Waals surface area contributed by atoms with Gasteiger partial charge in [0.2, 0.25) is 0 Å². The second-order valence-electron chi connectivity index (χ2n) is 9.21. The van der Waals surface area contributed by atoms with E-state index in [4.69, 9.17) is 5.10 Å². The molecule has 32 heavy (non-hydrogen) atoms. The molecule has 3 heterocycles. The summed E-state index contributed by atoms with van der Waals surface area (Å²) in [7, 11) is 0. The van der Waals surface area contributed by atoms with Gasteiger partial charge in [-0.15, -0.1) is 0 Å². The second-order valence-corrected chi connectivity index (χ2v) is 9.21. The van der Waals surface area contributed by atoms with Crippen LogP contribution >= 0.6 is 0 Å². The van der Waals surface area contributed by atoms with E-state index in [9.17, 15) is 4.79 Å². The second kappa shape index (κ2) is 7.89. The number of nitrogens with one attached hydrogen (secondary N) is 2. The van der Waals surface area contributed by atoms with E-state index in [1.807, 2.05) is 55.2 Å². The van der Waals surface area contributed by atoms with Gasteiger partial charge in [0, 0.05) is 46.2 Å². The first-order chi connectivity index (χ1) is 15.4. The van der Waals surface area contributed by atoms with Crippen LogP contribution in [0.3, 0.4) is 0 Å². The number of aromatic nitrogens is 5. The lowest BCUT2D eigenvalue weighted by Gasteiger charge is -2.13. The van der Waals surface area contributed by atoms with E-state index in [2.05, 4.69) is 40.4 Å². The summed E-state index contributed by atoms with van der Waals surface area (Å²) in [6.07, 6.45) is 6.02. The van der Waals surface area contributed by atoms with Crippen molar-refractivity contribution >= 4 is 16.9 Å². The van der Waals surface area contributed by atoms with Gasteiger partial charge < -0.3 is 5.32 Å². The van der Waals surface area contributed by atoms with E-state index in [1.165, 1.54) is 11.3 Å². The molecule has 0 fully saturated rings. The van der Waals surface area contributed by atoms with Gasteiger partial charge in [0.25, 0.3) is 5.91 Å². The van der Waals surface area contributed by atoms with Crippen molar-refractivity contribution in [1.29, 1.82) is 0 Å². The number of nitrogens with zero attached hydrogens (tertiary/aromatic N) is 4. The van der Waals surface area contributed by atoms with E-state index in [0.29, 0.717) is 17.1 Å². The van der Waals surface area contributed by atoms with E-state index < -0.39 is 0 Å². The van der Waals surface area contributed by atoms with Crippen LogP contribution in [0.25, 0.3) is 22.3 Å². The van der Waals surface area contributed by atoms with E-state index in [0.717, 1.165) is 35.0 Å². The zero-order chi connectivity index (χ0) is 22.4. The van der Waals surface area contributed by atoms with Crippen LogP contribution in [0.1, 0.15) is 60.9 Å². The van der Waals surface area contributed by atoms with Gasteiger partial charge in [0.15, 0.2) is 5.65 Å². The number of H-pyrrole nitrogens is 1. The maximum absolute atomic E-state index is 12.2. The molecule has 1 amide bonds. The van der Waals surface area contributed by atoms with Gasteiger partial charge in [-0.1, -0.05) is 19.1 Å². The number of carbonyl (C=O) groups is 1. The largest absolute Gasteiger partial charge is 0.350 e. The zero-order valence-electron chi connectivity index (χ0n) is 18.9. The van der Waals surface area contributed by atoms with Gasteiger partial charge in [-0.25, -0.2) is 4.98 Å². The molecule has 1 unspecified atom stereocenters. The molecule has 4 aromatic rings. The van der Waals surface area contributed by atoms with Crippen LogP contribution in [0, 0.1) is 5.92 Å². The summed E-state index contributed by atoms with van der Waals surface area (Å²) in [4.78, 5) is 16.8. The molecule has 0 saturated carbocycles. The third kappa shape index (κ3) is 3.68. The summed E-state index contributed by atoms with van der Waals surface area (Å²) in [5.74, 6) is 0.598. The molecule has 1 aromatic carbocycles. The van der Waals surface area contributed by atoms with Crippen molar-refractivity contribution < 1.29 is 4.79 Å². The van der Waals surface area contributed by atoms with Gasteiger partial charge in [-0.3, -0.25) is 14.6 Å². The quantitative estimate of drug-likeness (QED) is 0.496. The van der Waals surface area contributed by atoms with Gasteiger partial charge in [-0.05, 0) is 63.3 Å². The fraction of sp³-hybridized carbons (Fsp3) is 0.360. The van der Waals surface area contributed by atoms with Gasteiger partial charge in [0.1, 0.15) is 0 Å². The van der Waals surface area contributed by atoms with Crippen molar-refractivity contribution in [2.45, 2.75) is 52.6 Å². The number of hydrogen-bond donors (Lipinski definition) is 2. The molecule has 1 aliphatic carbocycles. The highest BCUT2D eigenvalue weighted by Gasteiger charge is 2.25. The lowest BCUT2D eigenvalue weighted by molar-refractivity contribution is 0.0943. The molecular weight excluding hydrogens is 400 g/mol. The summed E-state index contributed by atoms with van der Waals surface area (Å²) >= 11 is 0. The molecule has 3 aromatic heterocycles. The van der Waals surface area contributed by atoms with Crippen LogP contribution < -0.4 is 5.32 Å². The highest BCUT2D eigenvalue weighted by atomic mass is 16.1. The molecule has 164 valence electrons. The zero-order valence-corrected chi connectivity index (χ0v) is 18.9. The van der Waals surface area contributed by atoms with Crippen LogP contribution in [-0.4, -0.2) is 36.9 Å². The summed E-state index contributed by atoms with van der Waals surface area (Å²) in [5.41, 5.74) is 7.06. The van der Waals surface area contributed by atoms with Gasteiger partial charge in [0.05, 0.1) is 11.7 Å². The Hall–Kier alpha value is -3.48. The number of amides is 1.